The number of alkyl halides is 3. The first-order chi connectivity index (χ1) is 7.29. The van der Waals surface area contributed by atoms with Crippen LogP contribution >= 0.6 is 15.9 Å². The number of carbonyl (C=O) groups excluding carboxylic acids is 1. The molecule has 0 heterocycles. The molecule has 1 aromatic rings. The van der Waals surface area contributed by atoms with Crippen LogP contribution in [0.15, 0.2) is 22.7 Å². The number of aryl methyl sites for hydroxylation is 1. The maximum atomic E-state index is 11.9. The molecule has 0 aromatic heterocycles. The molecule has 0 aliphatic heterocycles. The molecular formula is C10H9BrF3NO. The van der Waals surface area contributed by atoms with Gasteiger partial charge in [-0.2, -0.15) is 13.2 Å². The van der Waals surface area contributed by atoms with Crippen molar-refractivity contribution in [3.8, 4) is 0 Å². The van der Waals surface area contributed by atoms with Crippen LogP contribution in [0.2, 0.25) is 0 Å². The van der Waals surface area contributed by atoms with Crippen molar-refractivity contribution in [2.75, 3.05) is 6.54 Å². The highest BCUT2D eigenvalue weighted by Crippen LogP contribution is 2.17. The quantitative estimate of drug-likeness (QED) is 0.893. The van der Waals surface area contributed by atoms with Crippen molar-refractivity contribution in [1.82, 2.24) is 5.32 Å². The summed E-state index contributed by atoms with van der Waals surface area (Å²) in [6, 6.07) is 4.61. The van der Waals surface area contributed by atoms with Crippen molar-refractivity contribution in [2.45, 2.75) is 13.1 Å². The van der Waals surface area contributed by atoms with Crippen LogP contribution in [0, 0.1) is 6.92 Å². The van der Waals surface area contributed by atoms with Gasteiger partial charge in [0.1, 0.15) is 6.54 Å². The summed E-state index contributed by atoms with van der Waals surface area (Å²) in [5.41, 5.74) is 1.00. The van der Waals surface area contributed by atoms with Gasteiger partial charge >= 0.3 is 6.18 Å². The lowest BCUT2D eigenvalue weighted by Gasteiger charge is -2.09. The minimum Gasteiger partial charge on any atom is -0.343 e. The molecule has 0 unspecified atom stereocenters. The van der Waals surface area contributed by atoms with Gasteiger partial charge in [-0.1, -0.05) is 15.9 Å². The lowest BCUT2D eigenvalue weighted by atomic mass is 10.1. The molecule has 2 nitrogen and oxygen atoms in total. The van der Waals surface area contributed by atoms with Crippen molar-refractivity contribution in [2.24, 2.45) is 0 Å². The lowest BCUT2D eigenvalue weighted by molar-refractivity contribution is -0.123. The highest BCUT2D eigenvalue weighted by atomic mass is 79.9. The third-order valence-corrected chi connectivity index (χ3v) is 2.76. The van der Waals surface area contributed by atoms with Gasteiger partial charge in [-0.15, -0.1) is 0 Å². The SMILES string of the molecule is Cc1cc(C(=O)NCC(F)(F)F)ccc1Br. The maximum Gasteiger partial charge on any atom is 0.405 e. The highest BCUT2D eigenvalue weighted by Gasteiger charge is 2.27. The number of halogens is 4. The molecule has 1 aromatic carbocycles. The number of rotatable bonds is 2. The van der Waals surface area contributed by atoms with Crippen LogP contribution in [-0.2, 0) is 0 Å². The number of amides is 1. The third kappa shape index (κ3) is 3.84. The van der Waals surface area contributed by atoms with Gasteiger partial charge < -0.3 is 5.32 Å². The zero-order valence-corrected chi connectivity index (χ0v) is 9.95. The van der Waals surface area contributed by atoms with Gasteiger partial charge in [-0.3, -0.25) is 4.79 Å². The molecular weight excluding hydrogens is 287 g/mol. The summed E-state index contributed by atoms with van der Waals surface area (Å²) in [4.78, 5) is 11.3. The summed E-state index contributed by atoms with van der Waals surface area (Å²) in [5.74, 6) is -0.729. The van der Waals surface area contributed by atoms with Gasteiger partial charge in [0.15, 0.2) is 0 Å². The van der Waals surface area contributed by atoms with Gasteiger partial charge in [0, 0.05) is 10.0 Å². The molecule has 1 amide bonds. The monoisotopic (exact) mass is 295 g/mol. The Morgan fingerprint density at radius 1 is 1.44 bits per heavy atom. The predicted molar refractivity (Wildman–Crippen MR) is 57.3 cm³/mol. The fourth-order valence-electron chi connectivity index (χ4n) is 1.07. The third-order valence-electron chi connectivity index (χ3n) is 1.87. The van der Waals surface area contributed by atoms with E-state index in [4.69, 9.17) is 0 Å². The number of benzene rings is 1. The van der Waals surface area contributed by atoms with Gasteiger partial charge in [0.25, 0.3) is 5.91 Å². The van der Waals surface area contributed by atoms with Crippen molar-refractivity contribution in [1.29, 1.82) is 0 Å². The van der Waals surface area contributed by atoms with Crippen LogP contribution in [0.3, 0.4) is 0 Å². The van der Waals surface area contributed by atoms with E-state index in [0.717, 1.165) is 10.0 Å². The lowest BCUT2D eigenvalue weighted by Crippen LogP contribution is -2.33. The Balaban J connectivity index is 2.70. The number of nitrogens with one attached hydrogen (secondary N) is 1. The van der Waals surface area contributed by atoms with Crippen LogP contribution in [0.4, 0.5) is 13.2 Å². The fourth-order valence-corrected chi connectivity index (χ4v) is 1.32. The summed E-state index contributed by atoms with van der Waals surface area (Å²) >= 11 is 3.24. The topological polar surface area (TPSA) is 29.1 Å². The average Bonchev–Trinajstić information content (AvgIpc) is 2.17. The molecule has 0 fully saturated rings. The smallest absolute Gasteiger partial charge is 0.343 e. The van der Waals surface area contributed by atoms with E-state index < -0.39 is 18.6 Å². The van der Waals surface area contributed by atoms with E-state index in [9.17, 15) is 18.0 Å². The van der Waals surface area contributed by atoms with E-state index in [0.29, 0.717) is 0 Å². The van der Waals surface area contributed by atoms with E-state index in [1.54, 1.807) is 18.3 Å². The number of hydrogen-bond donors (Lipinski definition) is 1. The zero-order valence-electron chi connectivity index (χ0n) is 8.36. The molecule has 0 saturated carbocycles. The Labute approximate surface area is 99.0 Å². The Hall–Kier alpha value is -1.04. The first kappa shape index (κ1) is 13.0. The normalized spacial score (nSPS) is 11.3. The Kier molecular flexibility index (Phi) is 3.96. The second-order valence-electron chi connectivity index (χ2n) is 3.26. The zero-order chi connectivity index (χ0) is 12.3. The molecule has 88 valence electrons. The Morgan fingerprint density at radius 3 is 2.56 bits per heavy atom. The van der Waals surface area contributed by atoms with Crippen molar-refractivity contribution in [3.63, 3.8) is 0 Å². The van der Waals surface area contributed by atoms with E-state index in [2.05, 4.69) is 15.9 Å². The van der Waals surface area contributed by atoms with Gasteiger partial charge in [0.2, 0.25) is 0 Å². The second-order valence-corrected chi connectivity index (χ2v) is 4.12. The fraction of sp³-hybridized carbons (Fsp3) is 0.300. The predicted octanol–water partition coefficient (Wildman–Crippen LogP) is 3.05. The number of hydrogen-bond acceptors (Lipinski definition) is 1. The van der Waals surface area contributed by atoms with Crippen LogP contribution in [-0.4, -0.2) is 18.6 Å². The maximum absolute atomic E-state index is 11.9. The highest BCUT2D eigenvalue weighted by molar-refractivity contribution is 9.10. The largest absolute Gasteiger partial charge is 0.405 e. The summed E-state index contributed by atoms with van der Waals surface area (Å²) in [6.45, 7) is 0.436. The van der Waals surface area contributed by atoms with Crippen LogP contribution in [0.5, 0.6) is 0 Å². The summed E-state index contributed by atoms with van der Waals surface area (Å²) in [6.07, 6.45) is -4.39. The van der Waals surface area contributed by atoms with Crippen molar-refractivity contribution in [3.05, 3.63) is 33.8 Å². The van der Waals surface area contributed by atoms with Crippen molar-refractivity contribution >= 4 is 21.8 Å². The van der Waals surface area contributed by atoms with Gasteiger partial charge in [0.05, 0.1) is 0 Å². The minimum absolute atomic E-state index is 0.213. The van der Waals surface area contributed by atoms with Crippen molar-refractivity contribution < 1.29 is 18.0 Å². The molecule has 0 saturated heterocycles. The molecule has 1 rings (SSSR count). The van der Waals surface area contributed by atoms with E-state index in [1.807, 2.05) is 0 Å². The molecule has 0 radical (unpaired) electrons. The standard InChI is InChI=1S/C10H9BrF3NO/c1-6-4-7(2-3-8(6)11)9(16)15-5-10(12,13)14/h2-4H,5H2,1H3,(H,15,16). The summed E-state index contributed by atoms with van der Waals surface area (Å²) in [5, 5.41) is 1.81. The Morgan fingerprint density at radius 2 is 2.06 bits per heavy atom. The molecule has 0 atom stereocenters. The number of carbonyl (C=O) groups is 1. The van der Waals surface area contributed by atoms with E-state index >= 15 is 0 Å². The van der Waals surface area contributed by atoms with Crippen LogP contribution in [0.1, 0.15) is 15.9 Å². The molecule has 0 bridgehead atoms. The van der Waals surface area contributed by atoms with Gasteiger partial charge in [-0.05, 0) is 30.7 Å². The van der Waals surface area contributed by atoms with Crippen LogP contribution < -0.4 is 5.32 Å². The van der Waals surface area contributed by atoms with E-state index in [1.165, 1.54) is 12.1 Å². The minimum atomic E-state index is -4.39. The Bertz CT molecular complexity index is 404. The molecule has 6 heteroatoms. The molecule has 0 aliphatic carbocycles. The summed E-state index contributed by atoms with van der Waals surface area (Å²) < 4.78 is 36.4. The molecule has 0 aliphatic rings. The average molecular weight is 296 g/mol. The first-order valence-electron chi connectivity index (χ1n) is 4.41. The molecule has 16 heavy (non-hydrogen) atoms. The molecule has 1 N–H and O–H groups in total. The van der Waals surface area contributed by atoms with E-state index in [-0.39, 0.29) is 5.56 Å². The summed E-state index contributed by atoms with van der Waals surface area (Å²) in [7, 11) is 0. The molecule has 0 spiro atoms. The van der Waals surface area contributed by atoms with Gasteiger partial charge in [-0.25, -0.2) is 0 Å². The van der Waals surface area contributed by atoms with Crippen LogP contribution in [0.25, 0.3) is 0 Å². The second kappa shape index (κ2) is 4.86. The first-order valence-corrected chi connectivity index (χ1v) is 5.20.